The summed E-state index contributed by atoms with van der Waals surface area (Å²) in [7, 11) is 2.73. The number of methoxy groups -OCH3 is 2. The maximum absolute atomic E-state index is 11.6. The van der Waals surface area contributed by atoms with E-state index in [4.69, 9.17) is 9.47 Å². The minimum Gasteiger partial charge on any atom is -0.508 e. The molecule has 6 nitrogen and oxygen atoms in total. The van der Waals surface area contributed by atoms with Gasteiger partial charge in [-0.2, -0.15) is 0 Å². The first-order chi connectivity index (χ1) is 17.4. The molecule has 2 aliphatic carbocycles. The fraction of sp³-hybridized carbons (Fsp3) is 0.400. The molecule has 0 unspecified atom stereocenters. The lowest BCUT2D eigenvalue weighted by atomic mass is 9.78. The van der Waals surface area contributed by atoms with Gasteiger partial charge in [0.2, 0.25) is 0 Å². The quantitative estimate of drug-likeness (QED) is 0.350. The van der Waals surface area contributed by atoms with Crippen LogP contribution in [0.4, 0.5) is 0 Å². The monoisotopic (exact) mass is 492 g/mol. The summed E-state index contributed by atoms with van der Waals surface area (Å²) in [6, 6.07) is 11.9. The van der Waals surface area contributed by atoms with Gasteiger partial charge in [-0.05, 0) is 87.1 Å². The molecule has 192 valence electrons. The molecule has 0 bridgehead atoms. The van der Waals surface area contributed by atoms with E-state index in [1.807, 2.05) is 6.08 Å². The van der Waals surface area contributed by atoms with Gasteiger partial charge in [0.25, 0.3) is 0 Å². The maximum atomic E-state index is 11.6. The van der Waals surface area contributed by atoms with E-state index in [-0.39, 0.29) is 23.1 Å². The van der Waals surface area contributed by atoms with Gasteiger partial charge < -0.3 is 19.3 Å². The Morgan fingerprint density at radius 3 is 2.08 bits per heavy atom. The highest BCUT2D eigenvalue weighted by Gasteiger charge is 2.35. The number of hydrogen-bond donors (Lipinski definition) is 1. The number of benzene rings is 2. The van der Waals surface area contributed by atoms with Crippen molar-refractivity contribution in [3.63, 3.8) is 0 Å². The number of rotatable bonds is 7. The topological polar surface area (TPSA) is 82.1 Å². The van der Waals surface area contributed by atoms with Crippen molar-refractivity contribution in [2.75, 3.05) is 20.8 Å². The molecule has 0 radical (unpaired) electrons. The Balaban J connectivity index is 0.000000201. The number of ether oxygens (including phenoxy) is 3. The van der Waals surface area contributed by atoms with Crippen molar-refractivity contribution in [2.24, 2.45) is 0 Å². The zero-order valence-corrected chi connectivity index (χ0v) is 21.3. The average Bonchev–Trinajstić information content (AvgIpc) is 3.62. The molecule has 2 aromatic rings. The summed E-state index contributed by atoms with van der Waals surface area (Å²) in [6.07, 6.45) is 13.3. The van der Waals surface area contributed by atoms with E-state index in [2.05, 4.69) is 17.4 Å². The molecule has 0 aliphatic heterocycles. The van der Waals surface area contributed by atoms with Crippen LogP contribution in [0.3, 0.4) is 0 Å². The number of aromatic hydroxyl groups is 1. The minimum atomic E-state index is -0.381. The second-order valence-electron chi connectivity index (χ2n) is 9.19. The van der Waals surface area contributed by atoms with Crippen molar-refractivity contribution in [3.8, 4) is 11.5 Å². The molecule has 2 aliphatic rings. The summed E-state index contributed by atoms with van der Waals surface area (Å²) < 4.78 is 15.0. The molecule has 0 spiro atoms. The molecule has 2 saturated carbocycles. The lowest BCUT2D eigenvalue weighted by molar-refractivity contribution is 0.0591. The lowest BCUT2D eigenvalue weighted by Gasteiger charge is -2.26. The number of phenolic OH excluding ortho intramolecular Hbond substituents is 1. The molecule has 0 heterocycles. The maximum Gasteiger partial charge on any atom is 0.337 e. The molecule has 1 N–H and O–H groups in total. The number of phenols is 1. The van der Waals surface area contributed by atoms with Crippen LogP contribution < -0.4 is 4.74 Å². The van der Waals surface area contributed by atoms with Gasteiger partial charge in [0, 0.05) is 11.0 Å². The SMILES string of the molecule is C=CC1(c2cc(C(=O)OC)ccc2O)CCCC1.COC(=O)c1ccc(OCC=C2CCCC2)cc1. The van der Waals surface area contributed by atoms with Crippen molar-refractivity contribution in [1.82, 2.24) is 0 Å². The number of carbonyl (C=O) groups is 2. The van der Waals surface area contributed by atoms with Gasteiger partial charge in [0.15, 0.2) is 0 Å². The molecular formula is C30H36O6. The zero-order valence-electron chi connectivity index (χ0n) is 21.3. The molecule has 4 rings (SSSR count). The van der Waals surface area contributed by atoms with Crippen LogP contribution in [0.15, 0.2) is 66.8 Å². The standard InChI is InChI=1S/2C15H18O3/c1-17-15(16)13-6-8-14(9-7-13)18-11-10-12-4-2-3-5-12;1-3-15(8-4-5-9-15)12-10-11(14(17)18-2)6-7-13(12)16/h6-10H,2-5,11H2,1H3;3,6-7,10,16H,1,4-5,8-9H2,2H3. The van der Waals surface area contributed by atoms with Crippen molar-refractivity contribution >= 4 is 11.9 Å². The van der Waals surface area contributed by atoms with Crippen LogP contribution in [-0.4, -0.2) is 37.9 Å². The van der Waals surface area contributed by atoms with Gasteiger partial charge in [-0.15, -0.1) is 6.58 Å². The lowest BCUT2D eigenvalue weighted by Crippen LogP contribution is -2.19. The Morgan fingerprint density at radius 1 is 0.917 bits per heavy atom. The van der Waals surface area contributed by atoms with Crippen LogP contribution in [0, 0.1) is 0 Å². The molecule has 2 aromatic carbocycles. The molecule has 36 heavy (non-hydrogen) atoms. The number of carbonyl (C=O) groups excluding carboxylic acids is 2. The summed E-state index contributed by atoms with van der Waals surface area (Å²) >= 11 is 0. The van der Waals surface area contributed by atoms with E-state index < -0.39 is 0 Å². The van der Waals surface area contributed by atoms with Gasteiger partial charge in [-0.3, -0.25) is 0 Å². The van der Waals surface area contributed by atoms with E-state index >= 15 is 0 Å². The highest BCUT2D eigenvalue weighted by atomic mass is 16.5. The van der Waals surface area contributed by atoms with E-state index in [0.717, 1.165) is 37.0 Å². The molecule has 0 saturated heterocycles. The summed E-state index contributed by atoms with van der Waals surface area (Å²) in [4.78, 5) is 22.8. The predicted octanol–water partition coefficient (Wildman–Crippen LogP) is 6.53. The van der Waals surface area contributed by atoms with Crippen LogP contribution in [0.25, 0.3) is 0 Å². The molecular weight excluding hydrogens is 456 g/mol. The molecule has 2 fully saturated rings. The Bertz CT molecular complexity index is 1070. The van der Waals surface area contributed by atoms with Crippen molar-refractivity contribution < 1.29 is 28.9 Å². The van der Waals surface area contributed by atoms with E-state index in [9.17, 15) is 14.7 Å². The van der Waals surface area contributed by atoms with E-state index in [0.29, 0.717) is 17.7 Å². The van der Waals surface area contributed by atoms with Crippen LogP contribution in [0.1, 0.15) is 77.6 Å². The second-order valence-corrected chi connectivity index (χ2v) is 9.19. The third-order valence-electron chi connectivity index (χ3n) is 6.98. The predicted molar refractivity (Wildman–Crippen MR) is 140 cm³/mol. The molecule has 0 aromatic heterocycles. The number of allylic oxidation sites excluding steroid dienone is 2. The molecule has 0 atom stereocenters. The fourth-order valence-electron chi connectivity index (χ4n) is 4.86. The summed E-state index contributed by atoms with van der Waals surface area (Å²) in [5.74, 6) is 0.296. The van der Waals surface area contributed by atoms with Gasteiger partial charge in [0.1, 0.15) is 18.1 Å². The minimum absolute atomic E-state index is 0.200. The van der Waals surface area contributed by atoms with Crippen LogP contribution >= 0.6 is 0 Å². The normalized spacial score (nSPS) is 15.9. The van der Waals surface area contributed by atoms with Gasteiger partial charge in [-0.25, -0.2) is 9.59 Å². The van der Waals surface area contributed by atoms with Crippen molar-refractivity contribution in [2.45, 2.75) is 56.8 Å². The molecule has 0 amide bonds. The van der Waals surface area contributed by atoms with Gasteiger partial charge >= 0.3 is 11.9 Å². The van der Waals surface area contributed by atoms with E-state index in [1.165, 1.54) is 45.5 Å². The first-order valence-electron chi connectivity index (χ1n) is 12.5. The Kier molecular flexibility index (Phi) is 9.74. The highest BCUT2D eigenvalue weighted by Crippen LogP contribution is 2.45. The largest absolute Gasteiger partial charge is 0.508 e. The average molecular weight is 493 g/mol. The van der Waals surface area contributed by atoms with Crippen molar-refractivity contribution in [1.29, 1.82) is 0 Å². The number of hydrogen-bond acceptors (Lipinski definition) is 6. The van der Waals surface area contributed by atoms with E-state index in [1.54, 1.807) is 42.5 Å². The Morgan fingerprint density at radius 2 is 1.50 bits per heavy atom. The zero-order chi connectivity index (χ0) is 26.0. The van der Waals surface area contributed by atoms with Gasteiger partial charge in [-0.1, -0.05) is 24.5 Å². The third kappa shape index (κ3) is 6.78. The van der Waals surface area contributed by atoms with Crippen LogP contribution in [0.2, 0.25) is 0 Å². The summed E-state index contributed by atoms with van der Waals surface area (Å²) in [5.41, 5.74) is 3.10. The smallest absolute Gasteiger partial charge is 0.337 e. The third-order valence-corrected chi connectivity index (χ3v) is 6.98. The Hall–Kier alpha value is -3.54. The molecule has 6 heteroatoms. The highest BCUT2D eigenvalue weighted by molar-refractivity contribution is 5.90. The van der Waals surface area contributed by atoms with Crippen LogP contribution in [0.5, 0.6) is 11.5 Å². The van der Waals surface area contributed by atoms with Crippen LogP contribution in [-0.2, 0) is 14.9 Å². The van der Waals surface area contributed by atoms with Gasteiger partial charge in [0.05, 0.1) is 25.3 Å². The summed E-state index contributed by atoms with van der Waals surface area (Å²) in [6.45, 7) is 4.50. The fourth-order valence-corrected chi connectivity index (χ4v) is 4.86. The van der Waals surface area contributed by atoms with Crippen molar-refractivity contribution in [3.05, 3.63) is 83.5 Å². The first-order valence-corrected chi connectivity index (χ1v) is 12.5. The number of esters is 2. The summed E-state index contributed by atoms with van der Waals surface area (Å²) in [5, 5.41) is 10.0. The Labute approximate surface area is 213 Å². The second kappa shape index (κ2) is 13.0. The first kappa shape index (κ1) is 27.1.